The van der Waals surface area contributed by atoms with Crippen molar-refractivity contribution >= 4 is 28.9 Å². The molecule has 2 heterocycles. The van der Waals surface area contributed by atoms with Crippen molar-refractivity contribution in [2.24, 2.45) is 7.05 Å². The zero-order valence-electron chi connectivity index (χ0n) is 10.5. The van der Waals surface area contributed by atoms with Crippen LogP contribution in [0.4, 0.5) is 0 Å². The van der Waals surface area contributed by atoms with E-state index in [9.17, 15) is 14.4 Å². The Morgan fingerprint density at radius 1 is 1.42 bits per heavy atom. The van der Waals surface area contributed by atoms with Crippen molar-refractivity contribution in [2.45, 2.75) is 17.3 Å². The molecule has 0 bridgehead atoms. The molecule has 102 valence electrons. The van der Waals surface area contributed by atoms with Crippen LogP contribution >= 0.6 is 11.8 Å². The van der Waals surface area contributed by atoms with Crippen LogP contribution in [0.1, 0.15) is 6.92 Å². The average Bonchev–Trinajstić information content (AvgIpc) is 2.77. The van der Waals surface area contributed by atoms with Crippen molar-refractivity contribution in [3.05, 3.63) is 20.8 Å². The summed E-state index contributed by atoms with van der Waals surface area (Å²) in [5, 5.41) is -0.104. The van der Waals surface area contributed by atoms with Crippen LogP contribution in [0.15, 0.2) is 14.7 Å². The van der Waals surface area contributed by atoms with Crippen LogP contribution in [0.2, 0.25) is 0 Å². The molecule has 9 heteroatoms. The van der Waals surface area contributed by atoms with Gasteiger partial charge in [-0.3, -0.25) is 19.1 Å². The van der Waals surface area contributed by atoms with Gasteiger partial charge in [0, 0.05) is 7.05 Å². The number of carbonyl (C=O) groups excluding carboxylic acids is 1. The van der Waals surface area contributed by atoms with E-state index < -0.39 is 22.5 Å². The fourth-order valence-electron chi connectivity index (χ4n) is 1.48. The Morgan fingerprint density at radius 3 is 2.74 bits per heavy atom. The van der Waals surface area contributed by atoms with Gasteiger partial charge in [0.2, 0.25) is 0 Å². The van der Waals surface area contributed by atoms with Crippen LogP contribution < -0.4 is 11.2 Å². The van der Waals surface area contributed by atoms with Crippen LogP contribution in [0.3, 0.4) is 0 Å². The zero-order valence-corrected chi connectivity index (χ0v) is 11.3. The number of rotatable bonds is 3. The molecule has 8 nitrogen and oxygen atoms in total. The minimum atomic E-state index is -0.540. The van der Waals surface area contributed by atoms with Gasteiger partial charge in [0.25, 0.3) is 5.56 Å². The maximum absolute atomic E-state index is 11.8. The number of aromatic amines is 2. The summed E-state index contributed by atoms with van der Waals surface area (Å²) in [4.78, 5) is 43.8. The summed E-state index contributed by atoms with van der Waals surface area (Å²) in [6.45, 7) is 1.66. The van der Waals surface area contributed by atoms with Crippen LogP contribution in [0.5, 0.6) is 0 Å². The number of esters is 1. The van der Waals surface area contributed by atoms with E-state index in [0.29, 0.717) is 5.16 Å². The van der Waals surface area contributed by atoms with Crippen LogP contribution in [0.25, 0.3) is 11.2 Å². The van der Waals surface area contributed by atoms with Gasteiger partial charge in [-0.1, -0.05) is 11.8 Å². The Balaban J connectivity index is 2.43. The van der Waals surface area contributed by atoms with Crippen molar-refractivity contribution in [2.75, 3.05) is 7.11 Å². The number of methoxy groups -OCH3 is 1. The molecular formula is C10H12N4O4S. The van der Waals surface area contributed by atoms with E-state index in [0.717, 1.165) is 16.3 Å². The number of nitrogens with one attached hydrogen (secondary N) is 2. The lowest BCUT2D eigenvalue weighted by Gasteiger charge is -2.05. The molecule has 1 atom stereocenters. The van der Waals surface area contributed by atoms with Crippen molar-refractivity contribution in [1.82, 2.24) is 19.5 Å². The van der Waals surface area contributed by atoms with Crippen molar-refractivity contribution in [3.63, 3.8) is 0 Å². The first-order valence-electron chi connectivity index (χ1n) is 5.37. The normalized spacial score (nSPS) is 12.6. The van der Waals surface area contributed by atoms with Gasteiger partial charge in [0.1, 0.15) is 5.25 Å². The number of thioether (sulfide) groups is 1. The molecule has 0 saturated heterocycles. The molecule has 0 radical (unpaired) electrons. The summed E-state index contributed by atoms with van der Waals surface area (Å²) in [6.07, 6.45) is 0. The summed E-state index contributed by atoms with van der Waals surface area (Å²) in [7, 11) is 2.66. The van der Waals surface area contributed by atoms with Gasteiger partial charge in [-0.05, 0) is 6.92 Å². The van der Waals surface area contributed by atoms with Gasteiger partial charge < -0.3 is 9.72 Å². The minimum absolute atomic E-state index is 0.174. The molecule has 0 aliphatic carbocycles. The predicted molar refractivity (Wildman–Crippen MR) is 69.3 cm³/mol. The Bertz CT molecular complexity index is 744. The molecule has 2 aromatic rings. The molecule has 0 unspecified atom stereocenters. The highest BCUT2D eigenvalue weighted by atomic mass is 32.2. The number of carbonyl (C=O) groups is 1. The summed E-state index contributed by atoms with van der Waals surface area (Å²) in [5.74, 6) is -0.396. The van der Waals surface area contributed by atoms with E-state index >= 15 is 0 Å². The van der Waals surface area contributed by atoms with Crippen molar-refractivity contribution < 1.29 is 9.53 Å². The first-order chi connectivity index (χ1) is 8.93. The number of hydrogen-bond acceptors (Lipinski definition) is 6. The van der Waals surface area contributed by atoms with E-state index in [1.807, 2.05) is 0 Å². The summed E-state index contributed by atoms with van der Waals surface area (Å²) in [5.41, 5.74) is -0.639. The van der Waals surface area contributed by atoms with E-state index in [4.69, 9.17) is 0 Å². The Hall–Kier alpha value is -2.03. The smallest absolute Gasteiger partial charge is 0.329 e. The second-order valence-corrected chi connectivity index (χ2v) is 5.17. The highest BCUT2D eigenvalue weighted by Crippen LogP contribution is 2.21. The number of fused-ring (bicyclic) bond motifs is 1. The molecule has 0 aromatic carbocycles. The second kappa shape index (κ2) is 4.92. The van der Waals surface area contributed by atoms with E-state index in [1.165, 1.54) is 14.2 Å². The van der Waals surface area contributed by atoms with Gasteiger partial charge in [-0.2, -0.15) is 0 Å². The topological polar surface area (TPSA) is 110 Å². The van der Waals surface area contributed by atoms with Gasteiger partial charge in [0.05, 0.1) is 7.11 Å². The van der Waals surface area contributed by atoms with E-state index in [2.05, 4.69) is 19.7 Å². The molecule has 0 saturated carbocycles. The number of nitrogens with zero attached hydrogens (tertiary/aromatic N) is 2. The largest absolute Gasteiger partial charge is 0.468 e. The zero-order chi connectivity index (χ0) is 14.2. The maximum Gasteiger partial charge on any atom is 0.329 e. The second-order valence-electron chi connectivity index (χ2n) is 3.84. The number of hydrogen-bond donors (Lipinski definition) is 2. The predicted octanol–water partition coefficient (Wildman–Crippen LogP) is -0.397. The van der Waals surface area contributed by atoms with Crippen LogP contribution in [-0.4, -0.2) is 37.8 Å². The molecule has 0 fully saturated rings. The lowest BCUT2D eigenvalue weighted by Crippen LogP contribution is -2.32. The van der Waals surface area contributed by atoms with Crippen molar-refractivity contribution in [3.8, 4) is 0 Å². The third-order valence-corrected chi connectivity index (χ3v) is 3.51. The maximum atomic E-state index is 11.8. The first kappa shape index (κ1) is 13.4. The monoisotopic (exact) mass is 284 g/mol. The third-order valence-electron chi connectivity index (χ3n) is 2.55. The molecule has 0 aliphatic rings. The Morgan fingerprint density at radius 2 is 2.11 bits per heavy atom. The number of H-pyrrole nitrogens is 2. The van der Waals surface area contributed by atoms with Crippen molar-refractivity contribution in [1.29, 1.82) is 0 Å². The molecule has 0 aliphatic heterocycles. The van der Waals surface area contributed by atoms with E-state index in [1.54, 1.807) is 6.92 Å². The lowest BCUT2D eigenvalue weighted by molar-refractivity contribution is -0.139. The number of ether oxygens (including phenoxy) is 1. The van der Waals surface area contributed by atoms with Gasteiger partial charge >= 0.3 is 11.7 Å². The number of aromatic nitrogens is 4. The SMILES string of the molecule is COC(=O)[C@@H](C)Sc1nc2[nH]c(=O)n(C)c(=O)c2[nH]1. The Labute approximate surface area is 111 Å². The molecule has 0 amide bonds. The van der Waals surface area contributed by atoms with E-state index in [-0.39, 0.29) is 11.2 Å². The van der Waals surface area contributed by atoms with Crippen LogP contribution in [0, 0.1) is 0 Å². The molecule has 0 spiro atoms. The van der Waals surface area contributed by atoms with Gasteiger partial charge in [-0.25, -0.2) is 9.78 Å². The minimum Gasteiger partial charge on any atom is -0.468 e. The Kier molecular flexibility index (Phi) is 3.47. The third kappa shape index (κ3) is 2.41. The highest BCUT2D eigenvalue weighted by Gasteiger charge is 2.18. The van der Waals surface area contributed by atoms with Crippen LogP contribution in [-0.2, 0) is 16.6 Å². The molecule has 19 heavy (non-hydrogen) atoms. The summed E-state index contributed by atoms with van der Waals surface area (Å²) in [6, 6.07) is 0. The quantitative estimate of drug-likeness (QED) is 0.586. The van der Waals surface area contributed by atoms with Gasteiger partial charge in [0.15, 0.2) is 16.3 Å². The number of imidazole rings is 1. The summed E-state index contributed by atoms with van der Waals surface area (Å²) >= 11 is 1.11. The first-order valence-corrected chi connectivity index (χ1v) is 6.25. The molecule has 2 rings (SSSR count). The lowest BCUT2D eigenvalue weighted by atomic mass is 10.5. The fourth-order valence-corrected chi connectivity index (χ4v) is 2.31. The summed E-state index contributed by atoms with van der Waals surface area (Å²) < 4.78 is 5.54. The molecule has 2 N–H and O–H groups in total. The fraction of sp³-hybridized carbons (Fsp3) is 0.400. The molecule has 2 aromatic heterocycles. The average molecular weight is 284 g/mol. The molecular weight excluding hydrogens is 272 g/mol. The highest BCUT2D eigenvalue weighted by molar-refractivity contribution is 8.00. The van der Waals surface area contributed by atoms with Gasteiger partial charge in [-0.15, -0.1) is 0 Å². The standard InChI is InChI=1S/C10H12N4O4S/c1-4(8(16)18-3)19-9-11-5-6(12-9)13-10(17)14(2)7(5)15/h4H,1-3H3,(H,11,12)(H,13,17)/t4-/m1/s1.